The molecule has 1 amide bonds. The number of sulfonamides is 1. The molecular weight excluding hydrogens is 344 g/mol. The number of likely N-dealkylation sites (N-methyl/N-ethyl adjacent to an activating group) is 1. The number of carboxylic acids is 1. The lowest BCUT2D eigenvalue weighted by Gasteiger charge is -2.04. The molecule has 1 aromatic rings. The van der Waals surface area contributed by atoms with Crippen LogP contribution in [-0.4, -0.2) is 38.5 Å². The molecule has 0 aliphatic heterocycles. The quantitative estimate of drug-likeness (QED) is 0.667. The van der Waals surface area contributed by atoms with Crippen molar-refractivity contribution in [1.29, 1.82) is 0 Å². The topological polar surface area (TPSA) is 126 Å². The van der Waals surface area contributed by atoms with Crippen LogP contribution in [0.2, 0.25) is 0 Å². The first-order chi connectivity index (χ1) is 8.77. The van der Waals surface area contributed by atoms with E-state index in [-0.39, 0.29) is 9.56 Å². The number of amides is 1. The van der Waals surface area contributed by atoms with Crippen LogP contribution in [0.4, 0.5) is 0 Å². The van der Waals surface area contributed by atoms with Crippen LogP contribution in [-0.2, 0) is 14.8 Å². The van der Waals surface area contributed by atoms with Gasteiger partial charge in [0, 0.05) is 12.6 Å². The minimum atomic E-state index is -4.03. The number of hydrogen-bond acceptors (Lipinski definition) is 5. The molecular formula is C9H11BrN2O6S. The molecule has 0 radical (unpaired) electrons. The molecule has 0 saturated heterocycles. The Bertz CT molecular complexity index is 594. The van der Waals surface area contributed by atoms with E-state index in [1.807, 2.05) is 4.72 Å². The fourth-order valence-electron chi connectivity index (χ4n) is 1.14. The van der Waals surface area contributed by atoms with Crippen LogP contribution in [0.15, 0.2) is 20.0 Å². The van der Waals surface area contributed by atoms with Gasteiger partial charge in [-0.15, -0.1) is 0 Å². The summed E-state index contributed by atoms with van der Waals surface area (Å²) >= 11 is 2.81. The van der Waals surface area contributed by atoms with Crippen molar-refractivity contribution in [3.8, 4) is 0 Å². The summed E-state index contributed by atoms with van der Waals surface area (Å²) in [5.41, 5.74) is 0. The Morgan fingerprint density at radius 3 is 2.58 bits per heavy atom. The molecule has 1 heterocycles. The van der Waals surface area contributed by atoms with E-state index in [0.717, 1.165) is 6.07 Å². The monoisotopic (exact) mass is 354 g/mol. The standard InChI is InChI=1S/C9H11BrN2O6S/c1-2-11-7(13)4-12-19(16,17)6-3-5(9(14)15)18-8(6)10/h3,12H,2,4H2,1H3,(H,11,13)(H,14,15). The molecule has 8 nitrogen and oxygen atoms in total. The minimum Gasteiger partial charge on any atom is -0.475 e. The second-order valence-corrected chi connectivity index (χ2v) is 5.79. The van der Waals surface area contributed by atoms with Crippen molar-refractivity contribution in [3.63, 3.8) is 0 Å². The Labute approximate surface area is 117 Å². The van der Waals surface area contributed by atoms with Gasteiger partial charge in [-0.2, -0.15) is 0 Å². The molecule has 1 aromatic heterocycles. The molecule has 0 aliphatic rings. The van der Waals surface area contributed by atoms with E-state index in [0.29, 0.717) is 6.54 Å². The number of rotatable bonds is 6. The SMILES string of the molecule is CCNC(=O)CNS(=O)(=O)c1cc(C(=O)O)oc1Br. The van der Waals surface area contributed by atoms with Gasteiger partial charge in [0.25, 0.3) is 0 Å². The maximum absolute atomic E-state index is 11.8. The van der Waals surface area contributed by atoms with Gasteiger partial charge in [0.1, 0.15) is 4.90 Å². The average molecular weight is 355 g/mol. The molecule has 0 bridgehead atoms. The van der Waals surface area contributed by atoms with Crippen LogP contribution in [0.25, 0.3) is 0 Å². The van der Waals surface area contributed by atoms with Gasteiger partial charge >= 0.3 is 5.97 Å². The third kappa shape index (κ3) is 4.04. The fourth-order valence-corrected chi connectivity index (χ4v) is 3.06. The van der Waals surface area contributed by atoms with Gasteiger partial charge in [0.2, 0.25) is 21.7 Å². The predicted molar refractivity (Wildman–Crippen MR) is 67.2 cm³/mol. The maximum atomic E-state index is 11.8. The molecule has 1 rings (SSSR count). The summed E-state index contributed by atoms with van der Waals surface area (Å²) in [6.07, 6.45) is 0. The third-order valence-electron chi connectivity index (χ3n) is 1.95. The lowest BCUT2D eigenvalue weighted by atomic mass is 10.5. The Kier molecular flexibility index (Phi) is 5.09. The van der Waals surface area contributed by atoms with Crippen LogP contribution in [0.5, 0.6) is 0 Å². The molecule has 0 spiro atoms. The molecule has 0 aromatic carbocycles. The van der Waals surface area contributed by atoms with Crippen LogP contribution in [0.1, 0.15) is 17.5 Å². The number of aromatic carboxylic acids is 1. The molecule has 19 heavy (non-hydrogen) atoms. The first-order valence-corrected chi connectivity index (χ1v) is 7.34. The second-order valence-electron chi connectivity index (χ2n) is 3.33. The van der Waals surface area contributed by atoms with E-state index in [1.54, 1.807) is 6.92 Å². The van der Waals surface area contributed by atoms with Crippen LogP contribution in [0, 0.1) is 0 Å². The van der Waals surface area contributed by atoms with E-state index in [2.05, 4.69) is 21.2 Å². The highest BCUT2D eigenvalue weighted by molar-refractivity contribution is 9.10. The summed E-state index contributed by atoms with van der Waals surface area (Å²) in [6, 6.07) is 0.854. The zero-order valence-electron chi connectivity index (χ0n) is 9.77. The molecule has 0 fully saturated rings. The largest absolute Gasteiger partial charge is 0.475 e. The Morgan fingerprint density at radius 1 is 1.47 bits per heavy atom. The highest BCUT2D eigenvalue weighted by Crippen LogP contribution is 2.25. The zero-order chi connectivity index (χ0) is 14.6. The summed E-state index contributed by atoms with van der Waals surface area (Å²) in [6.45, 7) is 1.62. The van der Waals surface area contributed by atoms with Crippen molar-refractivity contribution in [2.24, 2.45) is 0 Å². The molecule has 0 atom stereocenters. The van der Waals surface area contributed by atoms with Gasteiger partial charge in [-0.25, -0.2) is 17.9 Å². The van der Waals surface area contributed by atoms with E-state index >= 15 is 0 Å². The first kappa shape index (κ1) is 15.7. The minimum absolute atomic E-state index is 0.242. The molecule has 106 valence electrons. The fraction of sp³-hybridized carbons (Fsp3) is 0.333. The van der Waals surface area contributed by atoms with Crippen molar-refractivity contribution >= 4 is 37.8 Å². The first-order valence-electron chi connectivity index (χ1n) is 5.07. The van der Waals surface area contributed by atoms with Gasteiger partial charge < -0.3 is 14.8 Å². The highest BCUT2D eigenvalue weighted by Gasteiger charge is 2.25. The summed E-state index contributed by atoms with van der Waals surface area (Å²) in [7, 11) is -4.03. The van der Waals surface area contributed by atoms with Gasteiger partial charge in [0.05, 0.1) is 6.54 Å². The van der Waals surface area contributed by atoms with Crippen LogP contribution < -0.4 is 10.0 Å². The normalized spacial score (nSPS) is 11.3. The van der Waals surface area contributed by atoms with Crippen molar-refractivity contribution in [2.45, 2.75) is 11.8 Å². The van der Waals surface area contributed by atoms with E-state index in [1.165, 1.54) is 0 Å². The van der Waals surface area contributed by atoms with Crippen LogP contribution >= 0.6 is 15.9 Å². The van der Waals surface area contributed by atoms with Crippen molar-refractivity contribution in [2.75, 3.05) is 13.1 Å². The zero-order valence-corrected chi connectivity index (χ0v) is 12.2. The number of halogens is 1. The maximum Gasteiger partial charge on any atom is 0.371 e. The van der Waals surface area contributed by atoms with Crippen molar-refractivity contribution in [1.82, 2.24) is 10.0 Å². The van der Waals surface area contributed by atoms with Crippen LogP contribution in [0.3, 0.4) is 0 Å². The van der Waals surface area contributed by atoms with Crippen molar-refractivity contribution < 1.29 is 27.5 Å². The number of nitrogens with one attached hydrogen (secondary N) is 2. The second kappa shape index (κ2) is 6.17. The van der Waals surface area contributed by atoms with E-state index in [9.17, 15) is 18.0 Å². The third-order valence-corrected chi connectivity index (χ3v) is 4.21. The van der Waals surface area contributed by atoms with E-state index in [4.69, 9.17) is 9.52 Å². The predicted octanol–water partition coefficient (Wildman–Crippen LogP) is 0.155. The van der Waals surface area contributed by atoms with Crippen molar-refractivity contribution in [3.05, 3.63) is 16.5 Å². The molecule has 0 unspecified atom stereocenters. The van der Waals surface area contributed by atoms with E-state index < -0.39 is 34.2 Å². The Hall–Kier alpha value is -1.39. The summed E-state index contributed by atoms with van der Waals surface area (Å²) in [5.74, 6) is -2.42. The lowest BCUT2D eigenvalue weighted by molar-refractivity contribution is -0.119. The lowest BCUT2D eigenvalue weighted by Crippen LogP contribution is -2.36. The number of carboxylic acid groups (broad SMARTS) is 1. The molecule has 0 saturated carbocycles. The number of hydrogen-bond donors (Lipinski definition) is 3. The van der Waals surface area contributed by atoms with Gasteiger partial charge in [-0.1, -0.05) is 0 Å². The Morgan fingerprint density at radius 2 is 2.11 bits per heavy atom. The smallest absolute Gasteiger partial charge is 0.371 e. The molecule has 3 N–H and O–H groups in total. The highest BCUT2D eigenvalue weighted by atomic mass is 79.9. The number of furan rings is 1. The number of carbonyl (C=O) groups excluding carboxylic acids is 1. The number of carbonyl (C=O) groups is 2. The Balaban J connectivity index is 2.89. The van der Waals surface area contributed by atoms with Gasteiger partial charge in [-0.3, -0.25) is 4.79 Å². The summed E-state index contributed by atoms with van der Waals surface area (Å²) in [4.78, 5) is 21.4. The van der Waals surface area contributed by atoms with Gasteiger partial charge in [0.15, 0.2) is 4.67 Å². The molecule has 10 heteroatoms. The summed E-state index contributed by atoms with van der Waals surface area (Å²) in [5, 5.41) is 11.1. The van der Waals surface area contributed by atoms with Gasteiger partial charge in [-0.05, 0) is 22.9 Å². The summed E-state index contributed by atoms with van der Waals surface area (Å²) < 4.78 is 30.1. The average Bonchev–Trinajstić information content (AvgIpc) is 2.70. The molecule has 0 aliphatic carbocycles.